The number of nitrogens with one attached hydrogen (secondary N) is 1. The molecule has 0 unspecified atom stereocenters. The van der Waals surface area contributed by atoms with E-state index in [4.69, 9.17) is 9.47 Å². The number of aryl methyl sites for hydroxylation is 1. The van der Waals surface area contributed by atoms with Crippen molar-refractivity contribution in [2.75, 3.05) is 37.5 Å². The Morgan fingerprint density at radius 2 is 1.71 bits per heavy atom. The number of anilines is 2. The van der Waals surface area contributed by atoms with Crippen LogP contribution in [0.1, 0.15) is 25.2 Å². The van der Waals surface area contributed by atoms with Gasteiger partial charge in [0, 0.05) is 25.7 Å². The van der Waals surface area contributed by atoms with Gasteiger partial charge in [-0.15, -0.1) is 0 Å². The molecule has 1 aromatic heterocycles. The molecule has 0 bridgehead atoms. The summed E-state index contributed by atoms with van der Waals surface area (Å²) in [5, 5.41) is 3.36. The lowest BCUT2D eigenvalue weighted by Crippen LogP contribution is -2.23. The van der Waals surface area contributed by atoms with Crippen LogP contribution in [0.2, 0.25) is 0 Å². The van der Waals surface area contributed by atoms with Crippen LogP contribution < -0.4 is 19.7 Å². The van der Waals surface area contributed by atoms with Crippen molar-refractivity contribution in [3.05, 3.63) is 35.7 Å². The summed E-state index contributed by atoms with van der Waals surface area (Å²) in [7, 11) is 3.27. The van der Waals surface area contributed by atoms with Crippen molar-refractivity contribution in [2.45, 2.75) is 27.3 Å². The summed E-state index contributed by atoms with van der Waals surface area (Å²) in [5.74, 6) is 3.97. The van der Waals surface area contributed by atoms with Crippen LogP contribution in [0.5, 0.6) is 11.5 Å². The maximum absolute atomic E-state index is 5.34. The molecule has 0 saturated carbocycles. The molecule has 0 amide bonds. The first kappa shape index (κ1) is 17.8. The quantitative estimate of drug-likeness (QED) is 0.802. The van der Waals surface area contributed by atoms with E-state index in [1.165, 1.54) is 0 Å². The number of benzene rings is 1. The zero-order valence-electron chi connectivity index (χ0n) is 15.1. The van der Waals surface area contributed by atoms with Crippen LogP contribution in [0.4, 0.5) is 11.6 Å². The first-order chi connectivity index (χ1) is 11.6. The normalized spacial score (nSPS) is 10.4. The number of hydrogen-bond acceptors (Lipinski definition) is 6. The average molecular weight is 330 g/mol. The molecular formula is C18H26N4O2. The van der Waals surface area contributed by atoms with E-state index in [1.807, 2.05) is 31.2 Å². The van der Waals surface area contributed by atoms with Crippen molar-refractivity contribution in [1.82, 2.24) is 9.97 Å². The molecule has 1 N–H and O–H groups in total. The maximum atomic E-state index is 5.34. The van der Waals surface area contributed by atoms with Gasteiger partial charge in [0.15, 0.2) is 11.5 Å². The SMILES string of the molecule is CCN(CC)c1cc(NCc2ccc(OC)c(OC)c2)nc(C)n1. The zero-order valence-corrected chi connectivity index (χ0v) is 15.1. The van der Waals surface area contributed by atoms with E-state index in [0.29, 0.717) is 6.54 Å². The van der Waals surface area contributed by atoms with Gasteiger partial charge in [0.1, 0.15) is 17.5 Å². The molecule has 0 fully saturated rings. The van der Waals surface area contributed by atoms with Gasteiger partial charge in [-0.2, -0.15) is 0 Å². The Morgan fingerprint density at radius 1 is 1.00 bits per heavy atom. The highest BCUT2D eigenvalue weighted by molar-refractivity contribution is 5.50. The van der Waals surface area contributed by atoms with E-state index in [9.17, 15) is 0 Å². The molecule has 2 rings (SSSR count). The Labute approximate surface area is 143 Å². The van der Waals surface area contributed by atoms with Gasteiger partial charge in [0.25, 0.3) is 0 Å². The summed E-state index contributed by atoms with van der Waals surface area (Å²) in [6.07, 6.45) is 0. The van der Waals surface area contributed by atoms with Gasteiger partial charge < -0.3 is 19.7 Å². The molecule has 130 valence electrons. The first-order valence-corrected chi connectivity index (χ1v) is 8.16. The summed E-state index contributed by atoms with van der Waals surface area (Å²) >= 11 is 0. The third kappa shape index (κ3) is 4.28. The van der Waals surface area contributed by atoms with Crippen LogP contribution in [-0.2, 0) is 6.54 Å². The van der Waals surface area contributed by atoms with Gasteiger partial charge in [-0.25, -0.2) is 9.97 Å². The Morgan fingerprint density at radius 3 is 2.33 bits per heavy atom. The number of hydrogen-bond donors (Lipinski definition) is 1. The van der Waals surface area contributed by atoms with Crippen molar-refractivity contribution < 1.29 is 9.47 Å². The van der Waals surface area contributed by atoms with Gasteiger partial charge in [0.2, 0.25) is 0 Å². The van der Waals surface area contributed by atoms with Crippen molar-refractivity contribution in [1.29, 1.82) is 0 Å². The summed E-state index contributed by atoms with van der Waals surface area (Å²) in [4.78, 5) is 11.2. The molecule has 2 aromatic rings. The Bertz CT molecular complexity index is 672. The van der Waals surface area contributed by atoms with Crippen LogP contribution in [0.25, 0.3) is 0 Å². The summed E-state index contributed by atoms with van der Waals surface area (Å²) in [5.41, 5.74) is 1.09. The van der Waals surface area contributed by atoms with Crippen LogP contribution in [0.15, 0.2) is 24.3 Å². The molecule has 0 saturated heterocycles. The molecular weight excluding hydrogens is 304 g/mol. The fourth-order valence-electron chi connectivity index (χ4n) is 2.54. The van der Waals surface area contributed by atoms with E-state index in [1.54, 1.807) is 14.2 Å². The molecule has 6 heteroatoms. The molecule has 24 heavy (non-hydrogen) atoms. The molecule has 0 spiro atoms. The van der Waals surface area contributed by atoms with Gasteiger partial charge >= 0.3 is 0 Å². The molecule has 0 atom stereocenters. The maximum Gasteiger partial charge on any atom is 0.161 e. The number of aromatic nitrogens is 2. The van der Waals surface area contributed by atoms with Gasteiger partial charge in [-0.05, 0) is 38.5 Å². The Hall–Kier alpha value is -2.50. The van der Waals surface area contributed by atoms with Crippen LogP contribution in [0, 0.1) is 6.92 Å². The minimum absolute atomic E-state index is 0.647. The number of ether oxygens (including phenoxy) is 2. The number of methoxy groups -OCH3 is 2. The standard InChI is InChI=1S/C18H26N4O2/c1-6-22(7-2)18-11-17(20-13(3)21-18)19-12-14-8-9-15(23-4)16(10-14)24-5/h8-11H,6-7,12H2,1-5H3,(H,19,20,21). The highest BCUT2D eigenvalue weighted by Crippen LogP contribution is 2.27. The average Bonchev–Trinajstić information content (AvgIpc) is 2.60. The second-order valence-corrected chi connectivity index (χ2v) is 5.37. The van der Waals surface area contributed by atoms with Crippen LogP contribution >= 0.6 is 0 Å². The van der Waals surface area contributed by atoms with Gasteiger partial charge in [-0.3, -0.25) is 0 Å². The second kappa shape index (κ2) is 8.38. The topological polar surface area (TPSA) is 59.5 Å². The molecule has 0 aliphatic heterocycles. The lowest BCUT2D eigenvalue weighted by molar-refractivity contribution is 0.354. The van der Waals surface area contributed by atoms with Crippen molar-refractivity contribution in [2.24, 2.45) is 0 Å². The molecule has 1 aromatic carbocycles. The van der Waals surface area contributed by atoms with E-state index in [0.717, 1.165) is 47.6 Å². The van der Waals surface area contributed by atoms with Crippen molar-refractivity contribution in [3.8, 4) is 11.5 Å². The predicted molar refractivity (Wildman–Crippen MR) is 97.2 cm³/mol. The fraction of sp³-hybridized carbons (Fsp3) is 0.444. The highest BCUT2D eigenvalue weighted by Gasteiger charge is 2.08. The third-order valence-electron chi connectivity index (χ3n) is 3.83. The van der Waals surface area contributed by atoms with E-state index >= 15 is 0 Å². The molecule has 0 radical (unpaired) electrons. The minimum Gasteiger partial charge on any atom is -0.493 e. The molecule has 1 heterocycles. The number of nitrogens with zero attached hydrogens (tertiary/aromatic N) is 3. The lowest BCUT2D eigenvalue weighted by Gasteiger charge is -2.20. The van der Waals surface area contributed by atoms with Gasteiger partial charge in [-0.1, -0.05) is 6.07 Å². The third-order valence-corrected chi connectivity index (χ3v) is 3.83. The zero-order chi connectivity index (χ0) is 17.5. The fourth-order valence-corrected chi connectivity index (χ4v) is 2.54. The monoisotopic (exact) mass is 330 g/mol. The summed E-state index contributed by atoms with van der Waals surface area (Å²) in [6.45, 7) is 8.64. The highest BCUT2D eigenvalue weighted by atomic mass is 16.5. The largest absolute Gasteiger partial charge is 0.493 e. The van der Waals surface area contributed by atoms with Crippen LogP contribution in [-0.4, -0.2) is 37.3 Å². The predicted octanol–water partition coefficient (Wildman–Crippen LogP) is 3.26. The molecule has 0 aliphatic rings. The Kier molecular flexibility index (Phi) is 6.23. The summed E-state index contributed by atoms with van der Waals surface area (Å²) in [6, 6.07) is 7.86. The van der Waals surface area contributed by atoms with E-state index in [2.05, 4.69) is 34.0 Å². The number of rotatable bonds is 8. The smallest absolute Gasteiger partial charge is 0.161 e. The summed E-state index contributed by atoms with van der Waals surface area (Å²) < 4.78 is 10.6. The van der Waals surface area contributed by atoms with Crippen molar-refractivity contribution in [3.63, 3.8) is 0 Å². The minimum atomic E-state index is 0.647. The second-order valence-electron chi connectivity index (χ2n) is 5.37. The molecule has 0 aliphatic carbocycles. The molecule has 6 nitrogen and oxygen atoms in total. The van der Waals surface area contributed by atoms with E-state index < -0.39 is 0 Å². The van der Waals surface area contributed by atoms with E-state index in [-0.39, 0.29) is 0 Å². The first-order valence-electron chi connectivity index (χ1n) is 8.16. The van der Waals surface area contributed by atoms with Crippen molar-refractivity contribution >= 4 is 11.6 Å². The van der Waals surface area contributed by atoms with Crippen LogP contribution in [0.3, 0.4) is 0 Å². The lowest BCUT2D eigenvalue weighted by atomic mass is 10.2. The Balaban J connectivity index is 2.14. The van der Waals surface area contributed by atoms with Gasteiger partial charge in [0.05, 0.1) is 14.2 Å².